The minimum absolute atomic E-state index is 0.134. The van der Waals surface area contributed by atoms with Crippen LogP contribution in [-0.2, 0) is 16.0 Å². The zero-order chi connectivity index (χ0) is 15.2. The van der Waals surface area contributed by atoms with E-state index in [0.717, 1.165) is 31.4 Å². The molecule has 2 unspecified atom stereocenters. The van der Waals surface area contributed by atoms with E-state index >= 15 is 0 Å². The van der Waals surface area contributed by atoms with Gasteiger partial charge in [0.1, 0.15) is 5.75 Å². The second-order valence-corrected chi connectivity index (χ2v) is 5.55. The smallest absolute Gasteiger partial charge is 0.305 e. The van der Waals surface area contributed by atoms with Crippen LogP contribution < -0.4 is 10.5 Å². The molecule has 0 saturated carbocycles. The third-order valence-corrected chi connectivity index (χ3v) is 4.20. The molecule has 1 aromatic rings. The summed E-state index contributed by atoms with van der Waals surface area (Å²) in [6, 6.07) is 6.38. The Bertz CT molecular complexity index is 487. The summed E-state index contributed by atoms with van der Waals surface area (Å²) in [6.07, 6.45) is 4.24. The molecule has 2 atom stereocenters. The molecule has 4 heteroatoms. The first-order chi connectivity index (χ1) is 10.2. The van der Waals surface area contributed by atoms with Crippen LogP contribution in [0.25, 0.3) is 0 Å². The molecule has 0 aliphatic heterocycles. The average Bonchev–Trinajstić information content (AvgIpc) is 2.81. The van der Waals surface area contributed by atoms with Crippen LogP contribution in [0.15, 0.2) is 18.2 Å². The topological polar surface area (TPSA) is 61.5 Å². The molecule has 116 valence electrons. The zero-order valence-corrected chi connectivity index (χ0v) is 12.9. The Labute approximate surface area is 126 Å². The molecule has 2 rings (SSSR count). The zero-order valence-electron chi connectivity index (χ0n) is 12.9. The SMILES string of the molecule is CCOc1cccc2c1CC(N)C2CCCCC(=O)OC. The molecule has 4 nitrogen and oxygen atoms in total. The van der Waals surface area contributed by atoms with Crippen molar-refractivity contribution in [2.75, 3.05) is 13.7 Å². The summed E-state index contributed by atoms with van der Waals surface area (Å²) in [5, 5.41) is 0. The van der Waals surface area contributed by atoms with Crippen LogP contribution in [-0.4, -0.2) is 25.7 Å². The first-order valence-electron chi connectivity index (χ1n) is 7.74. The first kappa shape index (κ1) is 15.8. The van der Waals surface area contributed by atoms with Crippen LogP contribution in [0.1, 0.15) is 49.7 Å². The van der Waals surface area contributed by atoms with E-state index in [-0.39, 0.29) is 12.0 Å². The predicted molar refractivity (Wildman–Crippen MR) is 82.5 cm³/mol. The summed E-state index contributed by atoms with van der Waals surface area (Å²) in [4.78, 5) is 11.1. The lowest BCUT2D eigenvalue weighted by atomic mass is 9.92. The molecule has 1 aliphatic carbocycles. The van der Waals surface area contributed by atoms with E-state index in [1.165, 1.54) is 18.2 Å². The van der Waals surface area contributed by atoms with Crippen LogP contribution in [0.3, 0.4) is 0 Å². The van der Waals surface area contributed by atoms with Gasteiger partial charge >= 0.3 is 5.97 Å². The molecule has 0 fully saturated rings. The first-order valence-corrected chi connectivity index (χ1v) is 7.74. The van der Waals surface area contributed by atoms with E-state index in [4.69, 9.17) is 10.5 Å². The molecule has 0 heterocycles. The summed E-state index contributed by atoms with van der Waals surface area (Å²) in [7, 11) is 1.43. The van der Waals surface area contributed by atoms with Gasteiger partial charge in [0.15, 0.2) is 0 Å². The van der Waals surface area contributed by atoms with Crippen molar-refractivity contribution in [1.82, 2.24) is 0 Å². The molecule has 0 saturated heterocycles. The van der Waals surface area contributed by atoms with E-state index in [9.17, 15) is 4.79 Å². The van der Waals surface area contributed by atoms with Crippen LogP contribution in [0.5, 0.6) is 5.75 Å². The monoisotopic (exact) mass is 291 g/mol. The molecule has 1 aliphatic rings. The number of nitrogens with two attached hydrogens (primary N) is 1. The Morgan fingerprint density at radius 2 is 2.19 bits per heavy atom. The fourth-order valence-corrected chi connectivity index (χ4v) is 3.15. The van der Waals surface area contributed by atoms with Crippen molar-refractivity contribution in [2.45, 2.75) is 51.0 Å². The van der Waals surface area contributed by atoms with E-state index < -0.39 is 0 Å². The molecule has 0 radical (unpaired) electrons. The molecule has 0 spiro atoms. The van der Waals surface area contributed by atoms with Crippen molar-refractivity contribution < 1.29 is 14.3 Å². The summed E-state index contributed by atoms with van der Waals surface area (Å²) >= 11 is 0. The number of rotatable bonds is 7. The Balaban J connectivity index is 1.97. The van der Waals surface area contributed by atoms with Crippen LogP contribution in [0.4, 0.5) is 0 Å². The van der Waals surface area contributed by atoms with Gasteiger partial charge in [-0.3, -0.25) is 4.79 Å². The van der Waals surface area contributed by atoms with Gasteiger partial charge in [-0.05, 0) is 49.3 Å². The van der Waals surface area contributed by atoms with E-state index in [1.807, 2.05) is 19.1 Å². The highest BCUT2D eigenvalue weighted by Gasteiger charge is 2.31. The van der Waals surface area contributed by atoms with Crippen molar-refractivity contribution >= 4 is 5.97 Å². The maximum Gasteiger partial charge on any atom is 0.305 e. The highest BCUT2D eigenvalue weighted by Crippen LogP contribution is 2.40. The second-order valence-electron chi connectivity index (χ2n) is 5.55. The molecule has 21 heavy (non-hydrogen) atoms. The van der Waals surface area contributed by atoms with Crippen molar-refractivity contribution in [1.29, 1.82) is 0 Å². The van der Waals surface area contributed by atoms with Gasteiger partial charge in [0.05, 0.1) is 13.7 Å². The number of esters is 1. The predicted octanol–water partition coefficient (Wildman–Crippen LogP) is 2.79. The van der Waals surface area contributed by atoms with Crippen molar-refractivity contribution in [3.63, 3.8) is 0 Å². The fourth-order valence-electron chi connectivity index (χ4n) is 3.15. The summed E-state index contributed by atoms with van der Waals surface area (Å²) in [6.45, 7) is 2.67. The molecular formula is C17H25NO3. The Kier molecular flexibility index (Phi) is 5.62. The van der Waals surface area contributed by atoms with Crippen LogP contribution in [0, 0.1) is 0 Å². The van der Waals surface area contributed by atoms with Crippen molar-refractivity contribution in [2.24, 2.45) is 5.73 Å². The van der Waals surface area contributed by atoms with Gasteiger partial charge in [-0.1, -0.05) is 18.6 Å². The Morgan fingerprint density at radius 3 is 2.90 bits per heavy atom. The number of hydrogen-bond donors (Lipinski definition) is 1. The highest BCUT2D eigenvalue weighted by molar-refractivity contribution is 5.68. The average molecular weight is 291 g/mol. The Hall–Kier alpha value is -1.55. The summed E-state index contributed by atoms with van der Waals surface area (Å²) < 4.78 is 10.4. The number of hydrogen-bond acceptors (Lipinski definition) is 4. The standard InChI is InChI=1S/C17H25NO3/c1-3-21-16-9-6-8-12-13(15(18)11-14(12)16)7-4-5-10-17(19)20-2/h6,8-9,13,15H,3-5,7,10-11,18H2,1-2H3. The molecule has 1 aromatic carbocycles. The van der Waals surface area contributed by atoms with Gasteiger partial charge in [0, 0.05) is 12.5 Å². The number of fused-ring (bicyclic) bond motifs is 1. The maximum absolute atomic E-state index is 11.1. The third kappa shape index (κ3) is 3.76. The highest BCUT2D eigenvalue weighted by atomic mass is 16.5. The molecule has 2 N–H and O–H groups in total. The van der Waals surface area contributed by atoms with Gasteiger partial charge in [-0.2, -0.15) is 0 Å². The Morgan fingerprint density at radius 1 is 1.38 bits per heavy atom. The molecule has 0 amide bonds. The number of carbonyl (C=O) groups is 1. The third-order valence-electron chi connectivity index (χ3n) is 4.20. The molecular weight excluding hydrogens is 266 g/mol. The lowest BCUT2D eigenvalue weighted by molar-refractivity contribution is -0.140. The lowest BCUT2D eigenvalue weighted by Crippen LogP contribution is -2.24. The number of methoxy groups -OCH3 is 1. The molecule has 0 aromatic heterocycles. The van der Waals surface area contributed by atoms with E-state index in [1.54, 1.807) is 0 Å². The van der Waals surface area contributed by atoms with Gasteiger partial charge in [0.2, 0.25) is 0 Å². The quantitative estimate of drug-likeness (QED) is 0.620. The molecule has 0 bridgehead atoms. The van der Waals surface area contributed by atoms with Crippen LogP contribution in [0.2, 0.25) is 0 Å². The fraction of sp³-hybridized carbons (Fsp3) is 0.588. The van der Waals surface area contributed by atoms with Crippen LogP contribution >= 0.6 is 0 Å². The maximum atomic E-state index is 11.1. The number of benzene rings is 1. The van der Waals surface area contributed by atoms with Gasteiger partial charge in [-0.15, -0.1) is 0 Å². The minimum atomic E-state index is -0.134. The van der Waals surface area contributed by atoms with Gasteiger partial charge in [0.25, 0.3) is 0 Å². The number of ether oxygens (including phenoxy) is 2. The normalized spacial score (nSPS) is 20.1. The van der Waals surface area contributed by atoms with Gasteiger partial charge < -0.3 is 15.2 Å². The lowest BCUT2D eigenvalue weighted by Gasteiger charge is -2.16. The van der Waals surface area contributed by atoms with E-state index in [0.29, 0.717) is 18.9 Å². The number of unbranched alkanes of at least 4 members (excludes halogenated alkanes) is 1. The van der Waals surface area contributed by atoms with Crippen molar-refractivity contribution in [3.8, 4) is 5.75 Å². The van der Waals surface area contributed by atoms with Gasteiger partial charge in [-0.25, -0.2) is 0 Å². The summed E-state index contributed by atoms with van der Waals surface area (Å²) in [5.74, 6) is 1.21. The summed E-state index contributed by atoms with van der Waals surface area (Å²) in [5.41, 5.74) is 8.91. The number of carbonyl (C=O) groups excluding carboxylic acids is 1. The second kappa shape index (κ2) is 7.46. The van der Waals surface area contributed by atoms with Crippen molar-refractivity contribution in [3.05, 3.63) is 29.3 Å². The van der Waals surface area contributed by atoms with E-state index in [2.05, 4.69) is 10.8 Å². The minimum Gasteiger partial charge on any atom is -0.494 e. The largest absolute Gasteiger partial charge is 0.494 e.